The molecular weight excluding hydrogens is 321 g/mol. The molecule has 0 aliphatic carbocycles. The van der Waals surface area contributed by atoms with Crippen molar-refractivity contribution in [3.8, 4) is 0 Å². The van der Waals surface area contributed by atoms with Crippen LogP contribution in [-0.4, -0.2) is 5.78 Å². The summed E-state index contributed by atoms with van der Waals surface area (Å²) in [5, 5.41) is 0.509. The van der Waals surface area contributed by atoms with Gasteiger partial charge in [-0.05, 0) is 52.3 Å². The molecule has 0 amide bonds. The third kappa shape index (κ3) is 2.54. The number of anilines is 1. The molecule has 2 nitrogen and oxygen atoms in total. The molecule has 0 unspecified atom stereocenters. The summed E-state index contributed by atoms with van der Waals surface area (Å²) in [6, 6.07) is 8.77. The first kappa shape index (κ1) is 13.1. The fourth-order valence-corrected chi connectivity index (χ4v) is 1.97. The SMILES string of the molecule is Nc1ccc(C(=O)c2ccc(Cl)c(Br)c2)cc1F. The highest BCUT2D eigenvalue weighted by Gasteiger charge is 2.12. The zero-order valence-corrected chi connectivity index (χ0v) is 11.4. The monoisotopic (exact) mass is 327 g/mol. The Morgan fingerprint density at radius 3 is 2.39 bits per heavy atom. The molecule has 0 fully saturated rings. The van der Waals surface area contributed by atoms with Crippen LogP contribution in [0.3, 0.4) is 0 Å². The average Bonchev–Trinajstić information content (AvgIpc) is 2.35. The van der Waals surface area contributed by atoms with Gasteiger partial charge in [-0.15, -0.1) is 0 Å². The fraction of sp³-hybridized carbons (Fsp3) is 0. The molecule has 0 atom stereocenters. The van der Waals surface area contributed by atoms with Crippen LogP contribution in [0, 0.1) is 5.82 Å². The molecular formula is C13H8BrClFNO. The van der Waals surface area contributed by atoms with Gasteiger partial charge in [-0.3, -0.25) is 4.79 Å². The zero-order valence-electron chi connectivity index (χ0n) is 9.08. The van der Waals surface area contributed by atoms with Crippen molar-refractivity contribution in [2.24, 2.45) is 0 Å². The Morgan fingerprint density at radius 2 is 1.78 bits per heavy atom. The van der Waals surface area contributed by atoms with E-state index in [1.807, 2.05) is 0 Å². The van der Waals surface area contributed by atoms with E-state index in [1.165, 1.54) is 12.1 Å². The first-order chi connectivity index (χ1) is 8.49. The van der Waals surface area contributed by atoms with Gasteiger partial charge in [-0.1, -0.05) is 11.6 Å². The summed E-state index contributed by atoms with van der Waals surface area (Å²) in [5.74, 6) is -0.889. The molecule has 2 N–H and O–H groups in total. The fourth-order valence-electron chi connectivity index (χ4n) is 1.47. The average molecular weight is 329 g/mol. The summed E-state index contributed by atoms with van der Waals surface area (Å²) < 4.78 is 13.9. The molecule has 0 heterocycles. The summed E-state index contributed by atoms with van der Waals surface area (Å²) in [6.07, 6.45) is 0. The lowest BCUT2D eigenvalue weighted by Crippen LogP contribution is -2.03. The third-order valence-corrected chi connectivity index (χ3v) is 3.66. The van der Waals surface area contributed by atoms with E-state index in [9.17, 15) is 9.18 Å². The molecule has 2 aromatic rings. The standard InChI is InChI=1S/C13H8BrClFNO/c14-9-5-7(1-3-10(9)15)13(18)8-2-4-12(17)11(16)6-8/h1-6H,17H2. The summed E-state index contributed by atoms with van der Waals surface area (Å²) >= 11 is 9.08. The number of benzene rings is 2. The van der Waals surface area contributed by atoms with E-state index in [-0.39, 0.29) is 17.0 Å². The van der Waals surface area contributed by atoms with Crippen molar-refractivity contribution in [3.63, 3.8) is 0 Å². The molecule has 2 rings (SSSR count). The number of nitrogen functional groups attached to an aromatic ring is 1. The molecule has 0 saturated heterocycles. The normalized spacial score (nSPS) is 10.4. The van der Waals surface area contributed by atoms with E-state index in [0.717, 1.165) is 6.07 Å². The molecule has 0 aliphatic heterocycles. The minimum atomic E-state index is -0.603. The number of carbonyl (C=O) groups is 1. The Balaban J connectivity index is 2.41. The van der Waals surface area contributed by atoms with E-state index in [4.69, 9.17) is 17.3 Å². The number of carbonyl (C=O) groups excluding carboxylic acids is 1. The molecule has 0 aliphatic rings. The Labute approximate surface area is 117 Å². The van der Waals surface area contributed by atoms with Gasteiger partial charge in [0.2, 0.25) is 0 Å². The summed E-state index contributed by atoms with van der Waals surface area (Å²) in [6.45, 7) is 0. The lowest BCUT2D eigenvalue weighted by molar-refractivity contribution is 0.103. The molecule has 0 spiro atoms. The first-order valence-electron chi connectivity index (χ1n) is 5.04. The second-order valence-corrected chi connectivity index (χ2v) is 4.96. The number of ketones is 1. The molecule has 2 aromatic carbocycles. The summed E-state index contributed by atoms with van der Waals surface area (Å²) in [7, 11) is 0. The number of nitrogens with two attached hydrogens (primary N) is 1. The number of rotatable bonds is 2. The van der Waals surface area contributed by atoms with Gasteiger partial charge in [0.1, 0.15) is 5.82 Å². The maximum Gasteiger partial charge on any atom is 0.193 e. The summed E-state index contributed by atoms with van der Waals surface area (Å²) in [5.41, 5.74) is 6.05. The Hall–Kier alpha value is -1.39. The second kappa shape index (κ2) is 5.08. The highest BCUT2D eigenvalue weighted by molar-refractivity contribution is 9.10. The van der Waals surface area contributed by atoms with Crippen LogP contribution in [0.5, 0.6) is 0 Å². The van der Waals surface area contributed by atoms with Crippen molar-refractivity contribution in [2.45, 2.75) is 0 Å². The van der Waals surface area contributed by atoms with Crippen LogP contribution < -0.4 is 5.73 Å². The van der Waals surface area contributed by atoms with E-state index in [0.29, 0.717) is 15.1 Å². The van der Waals surface area contributed by atoms with Crippen LogP contribution in [0.15, 0.2) is 40.9 Å². The first-order valence-corrected chi connectivity index (χ1v) is 6.21. The predicted molar refractivity (Wildman–Crippen MR) is 73.4 cm³/mol. The Kier molecular flexibility index (Phi) is 3.68. The highest BCUT2D eigenvalue weighted by atomic mass is 79.9. The lowest BCUT2D eigenvalue weighted by atomic mass is 10.0. The largest absolute Gasteiger partial charge is 0.396 e. The van der Waals surface area contributed by atoms with E-state index in [1.54, 1.807) is 18.2 Å². The predicted octanol–water partition coefficient (Wildman–Crippen LogP) is 4.05. The maximum atomic E-state index is 13.3. The van der Waals surface area contributed by atoms with Gasteiger partial charge in [-0.2, -0.15) is 0 Å². The van der Waals surface area contributed by atoms with Crippen LogP contribution in [0.4, 0.5) is 10.1 Å². The van der Waals surface area contributed by atoms with E-state index in [2.05, 4.69) is 15.9 Å². The van der Waals surface area contributed by atoms with Crippen LogP contribution >= 0.6 is 27.5 Å². The quantitative estimate of drug-likeness (QED) is 0.667. The van der Waals surface area contributed by atoms with Gasteiger partial charge in [0.05, 0.1) is 10.7 Å². The third-order valence-electron chi connectivity index (χ3n) is 2.44. The highest BCUT2D eigenvalue weighted by Crippen LogP contribution is 2.25. The summed E-state index contributed by atoms with van der Waals surface area (Å²) in [4.78, 5) is 12.1. The molecule has 5 heteroatoms. The minimum absolute atomic E-state index is 0.0174. The molecule has 92 valence electrons. The minimum Gasteiger partial charge on any atom is -0.396 e. The van der Waals surface area contributed by atoms with Crippen molar-refractivity contribution in [2.75, 3.05) is 5.73 Å². The van der Waals surface area contributed by atoms with Gasteiger partial charge >= 0.3 is 0 Å². The Morgan fingerprint density at radius 1 is 1.17 bits per heavy atom. The van der Waals surface area contributed by atoms with Crippen LogP contribution in [0.25, 0.3) is 0 Å². The topological polar surface area (TPSA) is 43.1 Å². The molecule has 0 radical (unpaired) electrons. The van der Waals surface area contributed by atoms with Gasteiger partial charge in [0.15, 0.2) is 5.78 Å². The molecule has 0 bridgehead atoms. The van der Waals surface area contributed by atoms with Crippen molar-refractivity contribution in [1.29, 1.82) is 0 Å². The Bertz CT molecular complexity index is 577. The van der Waals surface area contributed by atoms with Crippen LogP contribution in [0.2, 0.25) is 5.02 Å². The van der Waals surface area contributed by atoms with Gasteiger partial charge < -0.3 is 5.73 Å². The van der Waals surface area contributed by atoms with Crippen molar-refractivity contribution >= 4 is 39.0 Å². The van der Waals surface area contributed by atoms with Crippen molar-refractivity contribution in [1.82, 2.24) is 0 Å². The maximum absolute atomic E-state index is 13.3. The number of hydrogen-bond acceptors (Lipinski definition) is 2. The van der Waals surface area contributed by atoms with Gasteiger partial charge in [-0.25, -0.2) is 4.39 Å². The van der Waals surface area contributed by atoms with Gasteiger partial charge in [0, 0.05) is 15.6 Å². The zero-order chi connectivity index (χ0) is 13.3. The van der Waals surface area contributed by atoms with Gasteiger partial charge in [0.25, 0.3) is 0 Å². The molecule has 18 heavy (non-hydrogen) atoms. The number of halogens is 3. The van der Waals surface area contributed by atoms with E-state index >= 15 is 0 Å². The van der Waals surface area contributed by atoms with Crippen LogP contribution in [0.1, 0.15) is 15.9 Å². The van der Waals surface area contributed by atoms with Crippen molar-refractivity contribution < 1.29 is 9.18 Å². The van der Waals surface area contributed by atoms with Crippen molar-refractivity contribution in [3.05, 3.63) is 62.8 Å². The molecule has 0 aromatic heterocycles. The lowest BCUT2D eigenvalue weighted by Gasteiger charge is -2.04. The molecule has 0 saturated carbocycles. The smallest absolute Gasteiger partial charge is 0.193 e. The van der Waals surface area contributed by atoms with E-state index < -0.39 is 5.82 Å². The second-order valence-electron chi connectivity index (χ2n) is 3.69. The number of hydrogen-bond donors (Lipinski definition) is 1. The van der Waals surface area contributed by atoms with Crippen LogP contribution in [-0.2, 0) is 0 Å².